The number of aliphatic hydroxyl groups excluding tert-OH is 10. The van der Waals surface area contributed by atoms with Crippen molar-refractivity contribution in [3.63, 3.8) is 0 Å². The third-order valence-corrected chi connectivity index (χ3v) is 7.64. The molecule has 3 rings (SSSR count). The minimum Gasteiger partial charge on any atom is -0.394 e. The summed E-state index contributed by atoms with van der Waals surface area (Å²) in [5.74, 6) is -0.235. The number of unbranched alkanes of at least 4 members (excludes halogenated alkanes) is 1. The van der Waals surface area contributed by atoms with Gasteiger partial charge in [-0.15, -0.1) is 0 Å². The highest BCUT2D eigenvalue weighted by molar-refractivity contribution is 5.75. The molecule has 3 fully saturated rings. The molecule has 0 aromatic heterocycles. The normalized spacial score (nSPS) is 43.1. The van der Waals surface area contributed by atoms with Gasteiger partial charge in [0.2, 0.25) is 5.91 Å². The molecule has 44 heavy (non-hydrogen) atoms. The Morgan fingerprint density at radius 3 is 1.64 bits per heavy atom. The van der Waals surface area contributed by atoms with Crippen LogP contribution < -0.4 is 11.1 Å². The lowest BCUT2D eigenvalue weighted by Crippen LogP contribution is -2.67. The number of amides is 1. The lowest BCUT2D eigenvalue weighted by Gasteiger charge is -2.48. The van der Waals surface area contributed by atoms with E-state index in [2.05, 4.69) is 5.32 Å². The number of hydrogen-bond donors (Lipinski definition) is 12. The second kappa shape index (κ2) is 17.6. The summed E-state index contributed by atoms with van der Waals surface area (Å²) in [4.78, 5) is 11.9. The first kappa shape index (κ1) is 37.2. The standard InChI is InChI=1S/C25H46N2O17/c26-4-2-1-3-13(31)27-5-6-39-23-19(37)21(15(33)11(8-29)40-23)44-25-20(38)22(16(34)12(9-30)42-25)43-24-18(36)17(35)14(32)10(7-28)41-24/h10-12,14-25,28-30,32-38H,1-9,26H2,(H,27,31)/t10?,11?,12?,14-,15-,16-,17+,18?,19?,20?,21+,22+,23+,24-,25-/m1/s1. The van der Waals surface area contributed by atoms with Crippen LogP contribution in [0.1, 0.15) is 19.3 Å². The quantitative estimate of drug-likeness (QED) is 0.0735. The number of nitrogens with two attached hydrogens (primary N) is 1. The summed E-state index contributed by atoms with van der Waals surface area (Å²) in [5, 5.41) is 105. The number of ether oxygens (including phenoxy) is 6. The Bertz CT molecular complexity index is 859. The van der Waals surface area contributed by atoms with E-state index in [-0.39, 0.29) is 25.5 Å². The van der Waals surface area contributed by atoms with Crippen LogP contribution in [0.5, 0.6) is 0 Å². The van der Waals surface area contributed by atoms with E-state index >= 15 is 0 Å². The first-order chi connectivity index (χ1) is 21.0. The maximum atomic E-state index is 11.9. The minimum atomic E-state index is -1.94. The Morgan fingerprint density at radius 1 is 0.636 bits per heavy atom. The first-order valence-electron chi connectivity index (χ1n) is 14.4. The largest absolute Gasteiger partial charge is 0.394 e. The van der Waals surface area contributed by atoms with Crippen molar-refractivity contribution in [2.24, 2.45) is 5.73 Å². The van der Waals surface area contributed by atoms with Crippen molar-refractivity contribution in [2.75, 3.05) is 39.5 Å². The Kier molecular flexibility index (Phi) is 14.9. The molecular weight excluding hydrogens is 600 g/mol. The highest BCUT2D eigenvalue weighted by Crippen LogP contribution is 2.32. The van der Waals surface area contributed by atoms with E-state index in [1.54, 1.807) is 0 Å². The lowest BCUT2D eigenvalue weighted by molar-refractivity contribution is -0.380. The van der Waals surface area contributed by atoms with Crippen LogP contribution >= 0.6 is 0 Å². The van der Waals surface area contributed by atoms with Gasteiger partial charge in [-0.3, -0.25) is 4.79 Å². The van der Waals surface area contributed by atoms with E-state index in [0.717, 1.165) is 0 Å². The Labute approximate surface area is 252 Å². The van der Waals surface area contributed by atoms with Gasteiger partial charge in [0.05, 0.1) is 26.4 Å². The van der Waals surface area contributed by atoms with Crippen LogP contribution in [-0.2, 0) is 33.2 Å². The number of hydrogen-bond acceptors (Lipinski definition) is 18. The monoisotopic (exact) mass is 646 g/mol. The van der Waals surface area contributed by atoms with Gasteiger partial charge < -0.3 is 90.5 Å². The molecule has 258 valence electrons. The van der Waals surface area contributed by atoms with E-state index < -0.39 is 112 Å². The maximum absolute atomic E-state index is 11.9. The van der Waals surface area contributed by atoms with Crippen molar-refractivity contribution < 1.29 is 84.3 Å². The third-order valence-electron chi connectivity index (χ3n) is 7.64. The summed E-state index contributed by atoms with van der Waals surface area (Å²) in [6.45, 7) is -1.97. The number of aliphatic hydroxyl groups is 10. The van der Waals surface area contributed by atoms with Gasteiger partial charge in [-0.25, -0.2) is 0 Å². The van der Waals surface area contributed by atoms with Gasteiger partial charge in [0.15, 0.2) is 18.9 Å². The summed E-state index contributed by atoms with van der Waals surface area (Å²) >= 11 is 0. The van der Waals surface area contributed by atoms with Gasteiger partial charge in [-0.2, -0.15) is 0 Å². The van der Waals surface area contributed by atoms with Crippen molar-refractivity contribution in [1.82, 2.24) is 5.32 Å². The van der Waals surface area contributed by atoms with E-state index in [0.29, 0.717) is 19.4 Å². The number of nitrogens with one attached hydrogen (secondary N) is 1. The zero-order valence-corrected chi connectivity index (χ0v) is 23.9. The molecule has 0 bridgehead atoms. The average Bonchev–Trinajstić information content (AvgIpc) is 3.01. The molecule has 3 aliphatic rings. The van der Waals surface area contributed by atoms with Crippen molar-refractivity contribution >= 4 is 5.91 Å². The van der Waals surface area contributed by atoms with Crippen LogP contribution in [-0.4, -0.2) is 189 Å². The summed E-state index contributed by atoms with van der Waals surface area (Å²) in [5.41, 5.74) is 5.41. The molecule has 0 radical (unpaired) electrons. The van der Waals surface area contributed by atoms with Crippen LogP contribution in [0.25, 0.3) is 0 Å². The first-order valence-corrected chi connectivity index (χ1v) is 14.4. The molecule has 13 N–H and O–H groups in total. The SMILES string of the molecule is NCCCCC(=O)NCCO[C@H]1OC(CO)[C@@H](O)[C@H](O[C@H]2OC(CO)[C@@H](O)[C@H](O[C@H]3OC(CO)[C@@H](O)[C@H](O)C3O)C2O)C1O. The number of carbonyl (C=O) groups excluding carboxylic acids is 1. The highest BCUT2D eigenvalue weighted by Gasteiger charge is 2.53. The lowest BCUT2D eigenvalue weighted by atomic mass is 9.96. The van der Waals surface area contributed by atoms with Crippen molar-refractivity contribution in [3.05, 3.63) is 0 Å². The number of rotatable bonds is 15. The van der Waals surface area contributed by atoms with Gasteiger partial charge in [0.1, 0.15) is 73.2 Å². The van der Waals surface area contributed by atoms with Crippen LogP contribution in [0.2, 0.25) is 0 Å². The van der Waals surface area contributed by atoms with Crippen molar-refractivity contribution in [2.45, 2.75) is 111 Å². The predicted octanol–water partition coefficient (Wildman–Crippen LogP) is -7.30. The fourth-order valence-electron chi connectivity index (χ4n) is 5.05. The minimum absolute atomic E-state index is 0.0450. The molecule has 0 aromatic carbocycles. The average molecular weight is 647 g/mol. The van der Waals surface area contributed by atoms with Crippen LogP contribution in [0, 0.1) is 0 Å². The van der Waals surface area contributed by atoms with E-state index in [4.69, 9.17) is 34.2 Å². The molecule has 0 saturated carbocycles. The molecule has 3 aliphatic heterocycles. The third kappa shape index (κ3) is 8.98. The second-order valence-electron chi connectivity index (χ2n) is 10.8. The molecule has 3 heterocycles. The summed E-state index contributed by atoms with van der Waals surface area (Å²) in [6.07, 6.45) is -23.6. The van der Waals surface area contributed by atoms with E-state index in [1.807, 2.05) is 0 Å². The molecule has 0 aromatic rings. The van der Waals surface area contributed by atoms with Crippen molar-refractivity contribution in [1.29, 1.82) is 0 Å². The molecule has 0 aliphatic carbocycles. The molecule has 6 unspecified atom stereocenters. The molecule has 3 saturated heterocycles. The van der Waals surface area contributed by atoms with Gasteiger partial charge >= 0.3 is 0 Å². The van der Waals surface area contributed by atoms with Gasteiger partial charge in [0.25, 0.3) is 0 Å². The van der Waals surface area contributed by atoms with Gasteiger partial charge in [0, 0.05) is 13.0 Å². The molecule has 19 heteroatoms. The van der Waals surface area contributed by atoms with Gasteiger partial charge in [-0.1, -0.05) is 0 Å². The van der Waals surface area contributed by atoms with E-state index in [9.17, 15) is 55.9 Å². The Morgan fingerprint density at radius 2 is 1.11 bits per heavy atom. The number of carbonyl (C=O) groups is 1. The summed E-state index contributed by atoms with van der Waals surface area (Å²) in [6, 6.07) is 0. The highest BCUT2D eigenvalue weighted by atomic mass is 16.8. The fourth-order valence-corrected chi connectivity index (χ4v) is 5.05. The van der Waals surface area contributed by atoms with Crippen molar-refractivity contribution in [3.8, 4) is 0 Å². The molecule has 0 spiro atoms. The van der Waals surface area contributed by atoms with Gasteiger partial charge in [-0.05, 0) is 19.4 Å². The fraction of sp³-hybridized carbons (Fsp3) is 0.960. The zero-order valence-electron chi connectivity index (χ0n) is 23.9. The van der Waals surface area contributed by atoms with E-state index in [1.165, 1.54) is 0 Å². The predicted molar refractivity (Wildman–Crippen MR) is 141 cm³/mol. The Hall–Kier alpha value is -1.21. The summed E-state index contributed by atoms with van der Waals surface area (Å²) < 4.78 is 32.9. The Balaban J connectivity index is 1.67. The van der Waals surface area contributed by atoms with Crippen LogP contribution in [0.3, 0.4) is 0 Å². The zero-order chi connectivity index (χ0) is 32.6. The molecule has 15 atom stereocenters. The maximum Gasteiger partial charge on any atom is 0.220 e. The summed E-state index contributed by atoms with van der Waals surface area (Å²) in [7, 11) is 0. The smallest absolute Gasteiger partial charge is 0.220 e. The molecule has 1 amide bonds. The van der Waals surface area contributed by atoms with Crippen LogP contribution in [0.15, 0.2) is 0 Å². The second-order valence-corrected chi connectivity index (χ2v) is 10.8. The molecule has 19 nitrogen and oxygen atoms in total. The van der Waals surface area contributed by atoms with Crippen LogP contribution in [0.4, 0.5) is 0 Å². The topological polar surface area (TPSA) is 313 Å². The molecular formula is C25H46N2O17.